The van der Waals surface area contributed by atoms with Crippen molar-refractivity contribution >= 4 is 52.2 Å². The summed E-state index contributed by atoms with van der Waals surface area (Å²) in [5, 5.41) is 9.01. The molecule has 138 valence electrons. The normalized spacial score (nSPS) is 20.2. The largest absolute Gasteiger partial charge is 0.481 e. The highest BCUT2D eigenvalue weighted by Gasteiger charge is 2.33. The first kappa shape index (κ1) is 18.7. The van der Waals surface area contributed by atoms with E-state index in [1.54, 1.807) is 23.1 Å². The fourth-order valence-electron chi connectivity index (χ4n) is 2.94. The molecular formula is C17H18N2O5S2. The van der Waals surface area contributed by atoms with E-state index in [1.807, 2.05) is 0 Å². The van der Waals surface area contributed by atoms with Crippen molar-refractivity contribution in [3.8, 4) is 0 Å². The number of carboxylic acid groups (broad SMARTS) is 1. The van der Waals surface area contributed by atoms with E-state index in [2.05, 4.69) is 0 Å². The Morgan fingerprint density at radius 1 is 1.38 bits per heavy atom. The Balaban J connectivity index is 1.53. The zero-order chi connectivity index (χ0) is 18.7. The number of carboxylic acids is 1. The molecular weight excluding hydrogens is 376 g/mol. The van der Waals surface area contributed by atoms with Crippen LogP contribution in [0.2, 0.25) is 0 Å². The van der Waals surface area contributed by atoms with Gasteiger partial charge in [0.1, 0.15) is 10.1 Å². The third kappa shape index (κ3) is 4.16. The molecule has 26 heavy (non-hydrogen) atoms. The van der Waals surface area contributed by atoms with Crippen molar-refractivity contribution in [2.75, 3.05) is 19.6 Å². The van der Waals surface area contributed by atoms with Crippen LogP contribution in [0.4, 0.5) is 0 Å². The zero-order valence-electron chi connectivity index (χ0n) is 13.9. The summed E-state index contributed by atoms with van der Waals surface area (Å²) in [6, 6.07) is 3.48. The third-order valence-corrected chi connectivity index (χ3v) is 5.81. The van der Waals surface area contributed by atoms with Gasteiger partial charge < -0.3 is 14.4 Å². The summed E-state index contributed by atoms with van der Waals surface area (Å²) >= 11 is 6.44. The number of amides is 2. The number of likely N-dealkylation sites (tertiary alicyclic amines) is 1. The number of nitrogens with zero attached hydrogens (tertiary/aromatic N) is 2. The molecule has 7 nitrogen and oxygen atoms in total. The van der Waals surface area contributed by atoms with Gasteiger partial charge in [-0.3, -0.25) is 19.3 Å². The van der Waals surface area contributed by atoms with Crippen LogP contribution in [-0.2, 0) is 14.4 Å². The Kier molecular flexibility index (Phi) is 5.77. The van der Waals surface area contributed by atoms with Gasteiger partial charge in [-0.05, 0) is 25.0 Å². The van der Waals surface area contributed by atoms with Gasteiger partial charge in [0.2, 0.25) is 5.91 Å². The van der Waals surface area contributed by atoms with Gasteiger partial charge in [0, 0.05) is 32.1 Å². The van der Waals surface area contributed by atoms with Crippen LogP contribution in [-0.4, -0.2) is 56.6 Å². The summed E-state index contributed by atoms with van der Waals surface area (Å²) in [7, 11) is 0. The third-order valence-electron chi connectivity index (χ3n) is 4.44. The second-order valence-electron chi connectivity index (χ2n) is 6.09. The fourth-order valence-corrected chi connectivity index (χ4v) is 4.23. The topological polar surface area (TPSA) is 91.1 Å². The lowest BCUT2D eigenvalue weighted by Crippen LogP contribution is -2.41. The molecule has 2 saturated heterocycles. The number of hydrogen-bond acceptors (Lipinski definition) is 6. The van der Waals surface area contributed by atoms with Gasteiger partial charge in [0.15, 0.2) is 0 Å². The second kappa shape index (κ2) is 8.05. The van der Waals surface area contributed by atoms with Gasteiger partial charge in [0.05, 0.1) is 17.1 Å². The van der Waals surface area contributed by atoms with Crippen LogP contribution < -0.4 is 0 Å². The van der Waals surface area contributed by atoms with Crippen molar-refractivity contribution in [2.45, 2.75) is 19.3 Å². The van der Waals surface area contributed by atoms with E-state index in [4.69, 9.17) is 21.7 Å². The molecule has 0 aromatic carbocycles. The molecule has 0 spiro atoms. The molecule has 0 radical (unpaired) electrons. The minimum Gasteiger partial charge on any atom is -0.481 e. The summed E-state index contributed by atoms with van der Waals surface area (Å²) in [6.07, 6.45) is 4.26. The molecule has 0 unspecified atom stereocenters. The number of aliphatic carboxylic acids is 1. The SMILES string of the molecule is O=C(O)C1CCN(C(=O)CCN2C(=O)/C(=C/c3ccco3)SC2=S)CC1. The first-order chi connectivity index (χ1) is 12.5. The highest BCUT2D eigenvalue weighted by molar-refractivity contribution is 8.26. The van der Waals surface area contributed by atoms with E-state index in [0.717, 1.165) is 0 Å². The quantitative estimate of drug-likeness (QED) is 0.605. The minimum atomic E-state index is -0.807. The molecule has 2 aliphatic rings. The molecule has 0 atom stereocenters. The molecule has 0 aliphatic carbocycles. The van der Waals surface area contributed by atoms with Gasteiger partial charge in [0.25, 0.3) is 5.91 Å². The number of hydrogen-bond donors (Lipinski definition) is 1. The molecule has 0 saturated carbocycles. The maximum Gasteiger partial charge on any atom is 0.306 e. The maximum atomic E-state index is 12.5. The summed E-state index contributed by atoms with van der Waals surface area (Å²) in [4.78, 5) is 39.3. The smallest absolute Gasteiger partial charge is 0.306 e. The molecule has 2 amide bonds. The average molecular weight is 394 g/mol. The van der Waals surface area contributed by atoms with Gasteiger partial charge in [-0.2, -0.15) is 0 Å². The molecule has 2 aliphatic heterocycles. The van der Waals surface area contributed by atoms with Crippen molar-refractivity contribution in [3.63, 3.8) is 0 Å². The Labute approximate surface area is 160 Å². The van der Waals surface area contributed by atoms with Crippen molar-refractivity contribution < 1.29 is 23.9 Å². The van der Waals surface area contributed by atoms with Gasteiger partial charge in [-0.15, -0.1) is 0 Å². The summed E-state index contributed by atoms with van der Waals surface area (Å²) in [5.74, 6) is -0.926. The lowest BCUT2D eigenvalue weighted by molar-refractivity contribution is -0.145. The molecule has 3 rings (SSSR count). The molecule has 3 heterocycles. The van der Waals surface area contributed by atoms with Crippen LogP contribution in [0.1, 0.15) is 25.0 Å². The highest BCUT2D eigenvalue weighted by Crippen LogP contribution is 2.32. The lowest BCUT2D eigenvalue weighted by Gasteiger charge is -2.30. The predicted molar refractivity (Wildman–Crippen MR) is 100 cm³/mol. The van der Waals surface area contributed by atoms with Crippen molar-refractivity contribution in [3.05, 3.63) is 29.1 Å². The second-order valence-corrected chi connectivity index (χ2v) is 7.77. The number of rotatable bonds is 5. The molecule has 9 heteroatoms. The van der Waals surface area contributed by atoms with Crippen LogP contribution in [0.5, 0.6) is 0 Å². The van der Waals surface area contributed by atoms with Crippen LogP contribution in [0.25, 0.3) is 6.08 Å². The molecule has 1 N–H and O–H groups in total. The standard InChI is InChI=1S/C17H18N2O5S2/c20-14(18-6-3-11(4-7-18)16(22)23)5-8-19-15(21)13(26-17(19)25)10-12-2-1-9-24-12/h1-2,9-11H,3-8H2,(H,22,23)/b13-10-. The highest BCUT2D eigenvalue weighted by atomic mass is 32.2. The van der Waals surface area contributed by atoms with E-state index in [1.165, 1.54) is 22.9 Å². The van der Waals surface area contributed by atoms with Crippen molar-refractivity contribution in [1.82, 2.24) is 9.80 Å². The predicted octanol–water partition coefficient (Wildman–Crippen LogP) is 2.19. The zero-order valence-corrected chi connectivity index (χ0v) is 15.6. The maximum absolute atomic E-state index is 12.5. The number of piperidine rings is 1. The molecule has 0 bridgehead atoms. The van der Waals surface area contributed by atoms with Crippen LogP contribution in [0.15, 0.2) is 27.7 Å². The first-order valence-electron chi connectivity index (χ1n) is 8.25. The number of thioether (sulfide) groups is 1. The van der Waals surface area contributed by atoms with Crippen LogP contribution in [0, 0.1) is 5.92 Å². The van der Waals surface area contributed by atoms with E-state index in [0.29, 0.717) is 40.9 Å². The van der Waals surface area contributed by atoms with Crippen molar-refractivity contribution in [2.24, 2.45) is 5.92 Å². The monoisotopic (exact) mass is 394 g/mol. The Bertz CT molecular complexity index is 751. The van der Waals surface area contributed by atoms with Gasteiger partial charge in [-0.25, -0.2) is 0 Å². The van der Waals surface area contributed by atoms with Crippen molar-refractivity contribution in [1.29, 1.82) is 0 Å². The Morgan fingerprint density at radius 3 is 2.73 bits per heavy atom. The van der Waals surface area contributed by atoms with Crippen LogP contribution in [0.3, 0.4) is 0 Å². The van der Waals surface area contributed by atoms with E-state index < -0.39 is 5.97 Å². The van der Waals surface area contributed by atoms with Crippen LogP contribution >= 0.6 is 24.0 Å². The molecule has 2 fully saturated rings. The molecule has 1 aromatic heterocycles. The minimum absolute atomic E-state index is 0.0853. The number of carbonyl (C=O) groups is 3. The average Bonchev–Trinajstić information content (AvgIpc) is 3.22. The molecule has 1 aromatic rings. The van der Waals surface area contributed by atoms with E-state index in [9.17, 15) is 14.4 Å². The number of furan rings is 1. The summed E-state index contributed by atoms with van der Waals surface area (Å²) < 4.78 is 5.63. The number of carbonyl (C=O) groups excluding carboxylic acids is 2. The van der Waals surface area contributed by atoms with E-state index >= 15 is 0 Å². The lowest BCUT2D eigenvalue weighted by atomic mass is 9.97. The Hall–Kier alpha value is -2.13. The fraction of sp³-hybridized carbons (Fsp3) is 0.412. The summed E-state index contributed by atoms with van der Waals surface area (Å²) in [5.41, 5.74) is 0. The Morgan fingerprint density at radius 2 is 2.12 bits per heavy atom. The van der Waals surface area contributed by atoms with Gasteiger partial charge in [-0.1, -0.05) is 24.0 Å². The first-order valence-corrected chi connectivity index (χ1v) is 9.47. The van der Waals surface area contributed by atoms with E-state index in [-0.39, 0.29) is 30.7 Å². The summed E-state index contributed by atoms with van der Waals surface area (Å²) in [6.45, 7) is 1.09. The number of thiocarbonyl (C=S) groups is 1. The van der Waals surface area contributed by atoms with Gasteiger partial charge >= 0.3 is 5.97 Å².